The maximum Gasteiger partial charge on any atom is 0.522 e. The Morgan fingerprint density at radius 1 is 0.932 bits per heavy atom. The van der Waals surface area contributed by atoms with E-state index in [-0.39, 0.29) is 24.2 Å². The summed E-state index contributed by atoms with van der Waals surface area (Å²) in [4.78, 5) is 24.1. The predicted octanol–water partition coefficient (Wildman–Crippen LogP) is 6.17. The number of rotatable bonds is 11. The monoisotopic (exact) mass is 611 g/mol. The number of aromatic nitrogens is 2. The number of hydrogen-bond donors (Lipinski definition) is 0. The first-order chi connectivity index (χ1) is 21.2. The Balaban J connectivity index is 1.25. The molecule has 1 aliphatic rings. The molecule has 1 atom stereocenters. The minimum Gasteiger partial charge on any atom is -0.341 e. The van der Waals surface area contributed by atoms with E-state index in [0.717, 1.165) is 55.6 Å². The molecular weight excluding hydrogens is 574 g/mol. The predicted molar refractivity (Wildman–Crippen MR) is 162 cm³/mol. The molecule has 2 heterocycles. The van der Waals surface area contributed by atoms with Crippen molar-refractivity contribution in [3.8, 4) is 0 Å². The third kappa shape index (κ3) is 8.15. The lowest BCUT2D eigenvalue weighted by Crippen LogP contribution is -2.35. The van der Waals surface area contributed by atoms with Crippen LogP contribution < -0.4 is 4.90 Å². The Morgan fingerprint density at radius 2 is 1.66 bits per heavy atom. The number of hydrogen-bond acceptors (Lipinski definition) is 5. The zero-order chi connectivity index (χ0) is 31.1. The lowest BCUT2D eigenvalue weighted by atomic mass is 9.94. The van der Waals surface area contributed by atoms with Crippen molar-refractivity contribution in [2.75, 3.05) is 57.8 Å². The van der Waals surface area contributed by atoms with Gasteiger partial charge in [0.2, 0.25) is 5.95 Å². The molecule has 0 radical (unpaired) electrons. The number of likely N-dealkylation sites (N-methyl/N-ethyl adjacent to an activating group) is 1. The molecule has 0 saturated carbocycles. The second kappa shape index (κ2) is 14.2. The van der Waals surface area contributed by atoms with Gasteiger partial charge in [-0.05, 0) is 67.9 Å². The Hall–Kier alpha value is -3.96. The van der Waals surface area contributed by atoms with Crippen molar-refractivity contribution in [2.24, 2.45) is 0 Å². The minimum atomic E-state index is -4.69. The molecule has 0 aliphatic carbocycles. The highest BCUT2D eigenvalue weighted by molar-refractivity contribution is 5.94. The first kappa shape index (κ1) is 31.5. The lowest BCUT2D eigenvalue weighted by molar-refractivity contribution is -0.325. The topological polar surface area (TPSA) is 53.8 Å². The van der Waals surface area contributed by atoms with Gasteiger partial charge in [0, 0.05) is 51.3 Å². The number of para-hydroxylation sites is 2. The number of carbonyl (C=O) groups is 1. The van der Waals surface area contributed by atoms with Crippen molar-refractivity contribution in [1.82, 2.24) is 19.4 Å². The average molecular weight is 612 g/mol. The van der Waals surface area contributed by atoms with E-state index in [1.165, 1.54) is 12.1 Å². The van der Waals surface area contributed by atoms with E-state index in [9.17, 15) is 22.4 Å². The van der Waals surface area contributed by atoms with E-state index in [4.69, 9.17) is 4.98 Å². The maximum atomic E-state index is 13.7. The van der Waals surface area contributed by atoms with Crippen molar-refractivity contribution in [2.45, 2.75) is 31.7 Å². The van der Waals surface area contributed by atoms with Crippen LogP contribution in [0.25, 0.3) is 11.0 Å². The van der Waals surface area contributed by atoms with Gasteiger partial charge >= 0.3 is 6.36 Å². The summed E-state index contributed by atoms with van der Waals surface area (Å²) < 4.78 is 57.7. The van der Waals surface area contributed by atoms with Gasteiger partial charge in [0.25, 0.3) is 5.91 Å². The molecule has 5 rings (SSSR count). The third-order valence-electron chi connectivity index (χ3n) is 8.08. The Labute approximate surface area is 254 Å². The number of amides is 1. The van der Waals surface area contributed by atoms with Gasteiger partial charge in [0.05, 0.1) is 17.6 Å². The summed E-state index contributed by atoms with van der Waals surface area (Å²) in [6.07, 6.45) is -3.06. The fraction of sp³-hybridized carbons (Fsp3) is 0.394. The molecule has 7 nitrogen and oxygen atoms in total. The number of nitrogens with zero attached hydrogens (tertiary/aromatic N) is 5. The summed E-state index contributed by atoms with van der Waals surface area (Å²) in [5.41, 5.74) is 3.10. The summed E-state index contributed by atoms with van der Waals surface area (Å²) >= 11 is 0. The summed E-state index contributed by atoms with van der Waals surface area (Å²) in [5.74, 6) is 0.283. The molecule has 1 saturated heterocycles. The van der Waals surface area contributed by atoms with E-state index >= 15 is 0 Å². The van der Waals surface area contributed by atoms with Crippen LogP contribution in [0.4, 0.5) is 23.5 Å². The molecule has 1 fully saturated rings. The number of ether oxygens (including phenoxy) is 1. The van der Waals surface area contributed by atoms with Crippen LogP contribution in [-0.2, 0) is 11.3 Å². The van der Waals surface area contributed by atoms with Crippen LogP contribution in [0.5, 0.6) is 0 Å². The van der Waals surface area contributed by atoms with Crippen LogP contribution in [0.2, 0.25) is 0 Å². The molecule has 0 N–H and O–H groups in total. The van der Waals surface area contributed by atoms with Crippen LogP contribution >= 0.6 is 0 Å². The molecule has 234 valence electrons. The second-order valence-corrected chi connectivity index (χ2v) is 11.1. The Kier molecular flexibility index (Phi) is 10.2. The van der Waals surface area contributed by atoms with Gasteiger partial charge in [-0.1, -0.05) is 42.5 Å². The van der Waals surface area contributed by atoms with Gasteiger partial charge in [-0.15, -0.1) is 13.2 Å². The standard InChI is InChI=1S/C33H37F4N5O2/c1-39(31(43)26-8-3-2-4-9-26)24-27(25-12-14-28(34)15-13-25)16-19-40-17-7-18-41(21-20-40)32-38-29-10-5-6-11-30(29)42(32)22-23-44-33(35,36)37/h2-6,8-15,27H,7,16-24H2,1H3. The fourth-order valence-electron chi connectivity index (χ4n) is 5.82. The smallest absolute Gasteiger partial charge is 0.341 e. The SMILES string of the molecule is CN(CC(CCN1CCCN(c2nc3ccccc3n2CCOC(F)(F)F)CC1)c1ccc(F)cc1)C(=O)c1ccccc1. The summed E-state index contributed by atoms with van der Waals surface area (Å²) in [6, 6.07) is 23.1. The quantitative estimate of drug-likeness (QED) is 0.190. The molecule has 0 bridgehead atoms. The van der Waals surface area contributed by atoms with Gasteiger partial charge in [0.1, 0.15) is 5.82 Å². The lowest BCUT2D eigenvalue weighted by Gasteiger charge is -2.28. The molecule has 1 amide bonds. The normalized spacial score (nSPS) is 15.3. The molecule has 0 spiro atoms. The first-order valence-electron chi connectivity index (χ1n) is 14.9. The van der Waals surface area contributed by atoms with Crippen molar-refractivity contribution in [1.29, 1.82) is 0 Å². The zero-order valence-electron chi connectivity index (χ0n) is 24.7. The molecular formula is C33H37F4N5O2. The Morgan fingerprint density at radius 3 is 2.41 bits per heavy atom. The number of imidazole rings is 1. The van der Waals surface area contributed by atoms with Crippen molar-refractivity contribution in [3.63, 3.8) is 0 Å². The van der Waals surface area contributed by atoms with Crippen LogP contribution in [-0.4, -0.2) is 84.5 Å². The van der Waals surface area contributed by atoms with Crippen LogP contribution in [0.15, 0.2) is 78.9 Å². The van der Waals surface area contributed by atoms with Crippen LogP contribution in [0, 0.1) is 5.82 Å². The number of fused-ring (bicyclic) bond motifs is 1. The zero-order valence-corrected chi connectivity index (χ0v) is 24.7. The van der Waals surface area contributed by atoms with E-state index in [1.807, 2.05) is 42.5 Å². The number of alkyl halides is 3. The van der Waals surface area contributed by atoms with Crippen LogP contribution in [0.1, 0.15) is 34.7 Å². The Bertz CT molecular complexity index is 1510. The average Bonchev–Trinajstić information content (AvgIpc) is 3.21. The minimum absolute atomic E-state index is 0.00505. The molecule has 1 unspecified atom stereocenters. The highest BCUT2D eigenvalue weighted by Crippen LogP contribution is 2.26. The number of carbonyl (C=O) groups excluding carboxylic acids is 1. The molecule has 1 aliphatic heterocycles. The highest BCUT2D eigenvalue weighted by Gasteiger charge is 2.29. The molecule has 11 heteroatoms. The maximum absolute atomic E-state index is 13.7. The number of anilines is 1. The van der Waals surface area contributed by atoms with E-state index in [1.54, 1.807) is 40.8 Å². The van der Waals surface area contributed by atoms with Crippen molar-refractivity contribution >= 4 is 22.9 Å². The van der Waals surface area contributed by atoms with E-state index in [2.05, 4.69) is 14.5 Å². The highest BCUT2D eigenvalue weighted by atomic mass is 19.4. The van der Waals surface area contributed by atoms with Gasteiger partial charge < -0.3 is 19.3 Å². The molecule has 1 aromatic heterocycles. The summed E-state index contributed by atoms with van der Waals surface area (Å²) in [6.45, 7) is 3.78. The van der Waals surface area contributed by atoms with Crippen molar-refractivity contribution < 1.29 is 27.1 Å². The molecule has 4 aromatic rings. The number of halogens is 4. The largest absolute Gasteiger partial charge is 0.522 e. The third-order valence-corrected chi connectivity index (χ3v) is 8.08. The van der Waals surface area contributed by atoms with Gasteiger partial charge in [-0.3, -0.25) is 9.53 Å². The van der Waals surface area contributed by atoms with E-state index < -0.39 is 13.0 Å². The second-order valence-electron chi connectivity index (χ2n) is 11.1. The summed E-state index contributed by atoms with van der Waals surface area (Å²) in [5, 5.41) is 0. The van der Waals surface area contributed by atoms with Crippen molar-refractivity contribution in [3.05, 3.63) is 95.8 Å². The number of benzene rings is 3. The van der Waals surface area contributed by atoms with Gasteiger partial charge in [-0.25, -0.2) is 9.37 Å². The van der Waals surface area contributed by atoms with Gasteiger partial charge in [0.15, 0.2) is 0 Å². The van der Waals surface area contributed by atoms with E-state index in [0.29, 0.717) is 24.6 Å². The molecule has 3 aromatic carbocycles. The fourth-order valence-corrected chi connectivity index (χ4v) is 5.82. The first-order valence-corrected chi connectivity index (χ1v) is 14.9. The molecule has 44 heavy (non-hydrogen) atoms. The van der Waals surface area contributed by atoms with Gasteiger partial charge in [-0.2, -0.15) is 0 Å². The van der Waals surface area contributed by atoms with Crippen LogP contribution in [0.3, 0.4) is 0 Å². The summed E-state index contributed by atoms with van der Waals surface area (Å²) in [7, 11) is 1.79.